The van der Waals surface area contributed by atoms with Crippen molar-refractivity contribution in [2.45, 2.75) is 20.0 Å². The first-order chi connectivity index (χ1) is 11.3. The molecule has 2 aromatic rings. The van der Waals surface area contributed by atoms with Gasteiger partial charge >= 0.3 is 0 Å². The maximum Gasteiger partial charge on any atom is 0.191 e. The van der Waals surface area contributed by atoms with Gasteiger partial charge in [-0.15, -0.1) is 0 Å². The van der Waals surface area contributed by atoms with Gasteiger partial charge in [-0.3, -0.25) is 0 Å². The molecule has 1 heterocycles. The van der Waals surface area contributed by atoms with Crippen LogP contribution in [0.2, 0.25) is 0 Å². The summed E-state index contributed by atoms with van der Waals surface area (Å²) in [4.78, 5) is 4.61. The summed E-state index contributed by atoms with van der Waals surface area (Å²) in [6, 6.07) is 10.1. The van der Waals surface area contributed by atoms with E-state index in [0.29, 0.717) is 19.7 Å². The summed E-state index contributed by atoms with van der Waals surface area (Å²) in [6.07, 6.45) is 1.75. The standard InChI is InChI=1S/C18H23N3OS/c1-3-10-22-17-8-6-5-7-16(17)13-21-18(19-4-2)20-12-15-9-11-23-14-15/h3,5-9,11,14H,1,4,10,12-13H2,2H3,(H2,19,20,21). The lowest BCUT2D eigenvalue weighted by atomic mass is 10.2. The van der Waals surface area contributed by atoms with Gasteiger partial charge in [-0.05, 0) is 35.4 Å². The zero-order valence-corrected chi connectivity index (χ0v) is 14.2. The molecule has 23 heavy (non-hydrogen) atoms. The van der Waals surface area contributed by atoms with Crippen LogP contribution in [0.4, 0.5) is 0 Å². The highest BCUT2D eigenvalue weighted by Gasteiger charge is 2.04. The van der Waals surface area contributed by atoms with Gasteiger partial charge in [-0.1, -0.05) is 30.9 Å². The second kappa shape index (κ2) is 9.69. The third-order valence-electron chi connectivity index (χ3n) is 3.12. The average Bonchev–Trinajstić information content (AvgIpc) is 3.09. The van der Waals surface area contributed by atoms with Crippen LogP contribution in [0.3, 0.4) is 0 Å². The topological polar surface area (TPSA) is 45.6 Å². The SMILES string of the molecule is C=CCOc1ccccc1CNC(=NCc1ccsc1)NCC. The Labute approximate surface area is 141 Å². The van der Waals surface area contributed by atoms with Gasteiger partial charge < -0.3 is 15.4 Å². The first-order valence-electron chi connectivity index (χ1n) is 7.68. The van der Waals surface area contributed by atoms with Crippen LogP contribution in [-0.4, -0.2) is 19.1 Å². The Hall–Kier alpha value is -2.27. The lowest BCUT2D eigenvalue weighted by Gasteiger charge is -2.14. The highest BCUT2D eigenvalue weighted by molar-refractivity contribution is 7.07. The van der Waals surface area contributed by atoms with Crippen LogP contribution >= 0.6 is 11.3 Å². The third-order valence-corrected chi connectivity index (χ3v) is 3.85. The van der Waals surface area contributed by atoms with E-state index in [1.54, 1.807) is 17.4 Å². The summed E-state index contributed by atoms with van der Waals surface area (Å²) in [5.41, 5.74) is 2.32. The quantitative estimate of drug-likeness (QED) is 0.442. The summed E-state index contributed by atoms with van der Waals surface area (Å²) < 4.78 is 5.68. The molecule has 5 heteroatoms. The molecule has 0 atom stereocenters. The van der Waals surface area contributed by atoms with E-state index < -0.39 is 0 Å². The van der Waals surface area contributed by atoms with Crippen LogP contribution in [0.25, 0.3) is 0 Å². The molecule has 0 unspecified atom stereocenters. The average molecular weight is 329 g/mol. The molecule has 0 aliphatic heterocycles. The van der Waals surface area contributed by atoms with Crippen molar-refractivity contribution in [2.75, 3.05) is 13.2 Å². The predicted molar refractivity (Wildman–Crippen MR) is 98.1 cm³/mol. The Balaban J connectivity index is 1.98. The molecule has 2 N–H and O–H groups in total. The molecular formula is C18H23N3OS. The highest BCUT2D eigenvalue weighted by atomic mass is 32.1. The van der Waals surface area contributed by atoms with Crippen molar-refractivity contribution in [1.82, 2.24) is 10.6 Å². The molecule has 0 aliphatic carbocycles. The lowest BCUT2D eigenvalue weighted by Crippen LogP contribution is -2.36. The van der Waals surface area contributed by atoms with E-state index in [1.807, 2.05) is 24.3 Å². The molecule has 4 nitrogen and oxygen atoms in total. The Morgan fingerprint density at radius 3 is 2.91 bits per heavy atom. The zero-order chi connectivity index (χ0) is 16.3. The van der Waals surface area contributed by atoms with Crippen molar-refractivity contribution in [3.63, 3.8) is 0 Å². The van der Waals surface area contributed by atoms with E-state index in [2.05, 4.69) is 46.0 Å². The summed E-state index contributed by atoms with van der Waals surface area (Å²) in [5, 5.41) is 10.8. The van der Waals surface area contributed by atoms with Gasteiger partial charge in [-0.2, -0.15) is 11.3 Å². The van der Waals surface area contributed by atoms with Crippen molar-refractivity contribution >= 4 is 17.3 Å². The van der Waals surface area contributed by atoms with E-state index in [4.69, 9.17) is 4.74 Å². The van der Waals surface area contributed by atoms with Gasteiger partial charge in [-0.25, -0.2) is 4.99 Å². The van der Waals surface area contributed by atoms with Crippen molar-refractivity contribution in [3.8, 4) is 5.75 Å². The number of nitrogens with zero attached hydrogens (tertiary/aromatic N) is 1. The number of aliphatic imine (C=N–C) groups is 1. The monoisotopic (exact) mass is 329 g/mol. The van der Waals surface area contributed by atoms with Crippen LogP contribution in [0.5, 0.6) is 5.75 Å². The summed E-state index contributed by atoms with van der Waals surface area (Å²) in [7, 11) is 0. The van der Waals surface area contributed by atoms with Crippen LogP contribution in [-0.2, 0) is 13.1 Å². The van der Waals surface area contributed by atoms with Crippen LogP contribution in [0.15, 0.2) is 58.7 Å². The molecule has 0 fully saturated rings. The molecule has 122 valence electrons. The third kappa shape index (κ3) is 5.79. The molecule has 0 amide bonds. The Bertz CT molecular complexity index is 623. The van der Waals surface area contributed by atoms with Crippen molar-refractivity contribution in [1.29, 1.82) is 0 Å². The van der Waals surface area contributed by atoms with Gasteiger partial charge in [0, 0.05) is 18.7 Å². The molecular weight excluding hydrogens is 306 g/mol. The zero-order valence-electron chi connectivity index (χ0n) is 13.4. The first-order valence-corrected chi connectivity index (χ1v) is 8.62. The number of para-hydroxylation sites is 1. The number of hydrogen-bond donors (Lipinski definition) is 2. The van der Waals surface area contributed by atoms with Crippen molar-refractivity contribution in [3.05, 3.63) is 64.9 Å². The van der Waals surface area contributed by atoms with Gasteiger partial charge in [0.15, 0.2) is 5.96 Å². The normalized spacial score (nSPS) is 11.1. The molecule has 1 aromatic heterocycles. The van der Waals surface area contributed by atoms with E-state index >= 15 is 0 Å². The fourth-order valence-electron chi connectivity index (χ4n) is 2.01. The van der Waals surface area contributed by atoms with Crippen molar-refractivity contribution < 1.29 is 4.74 Å². The van der Waals surface area contributed by atoms with Gasteiger partial charge in [0.25, 0.3) is 0 Å². The second-order valence-corrected chi connectivity index (χ2v) is 5.67. The largest absolute Gasteiger partial charge is 0.489 e. The number of nitrogens with one attached hydrogen (secondary N) is 2. The molecule has 1 aromatic carbocycles. The molecule has 0 aliphatic rings. The molecule has 0 saturated carbocycles. The van der Waals surface area contributed by atoms with E-state index in [0.717, 1.165) is 23.8 Å². The second-order valence-electron chi connectivity index (χ2n) is 4.89. The molecule has 0 saturated heterocycles. The highest BCUT2D eigenvalue weighted by Crippen LogP contribution is 2.17. The van der Waals surface area contributed by atoms with Crippen LogP contribution < -0.4 is 15.4 Å². The summed E-state index contributed by atoms with van der Waals surface area (Å²) >= 11 is 1.69. The maximum absolute atomic E-state index is 5.68. The Kier molecular flexibility index (Phi) is 7.20. The van der Waals surface area contributed by atoms with E-state index in [9.17, 15) is 0 Å². The molecule has 2 rings (SSSR count). The summed E-state index contributed by atoms with van der Waals surface area (Å²) in [5.74, 6) is 1.67. The molecule has 0 spiro atoms. The first kappa shape index (κ1) is 17.1. The minimum atomic E-state index is 0.503. The molecule has 0 radical (unpaired) electrons. The molecule has 0 bridgehead atoms. The van der Waals surface area contributed by atoms with E-state index in [1.165, 1.54) is 5.56 Å². The lowest BCUT2D eigenvalue weighted by molar-refractivity contribution is 0.358. The van der Waals surface area contributed by atoms with Gasteiger partial charge in [0.2, 0.25) is 0 Å². The number of hydrogen-bond acceptors (Lipinski definition) is 3. The Morgan fingerprint density at radius 2 is 2.17 bits per heavy atom. The number of guanidine groups is 1. The van der Waals surface area contributed by atoms with Crippen LogP contribution in [0.1, 0.15) is 18.1 Å². The fourth-order valence-corrected chi connectivity index (χ4v) is 2.67. The van der Waals surface area contributed by atoms with Gasteiger partial charge in [0.05, 0.1) is 6.54 Å². The van der Waals surface area contributed by atoms with E-state index in [-0.39, 0.29) is 0 Å². The number of benzene rings is 1. The number of rotatable bonds is 8. The van der Waals surface area contributed by atoms with Gasteiger partial charge in [0.1, 0.15) is 12.4 Å². The minimum Gasteiger partial charge on any atom is -0.489 e. The predicted octanol–water partition coefficient (Wildman–Crippen LogP) is 3.57. The number of thiophene rings is 1. The fraction of sp³-hybridized carbons (Fsp3) is 0.278. The number of ether oxygens (including phenoxy) is 1. The maximum atomic E-state index is 5.68. The minimum absolute atomic E-state index is 0.503. The Morgan fingerprint density at radius 1 is 1.30 bits per heavy atom. The smallest absolute Gasteiger partial charge is 0.191 e. The van der Waals surface area contributed by atoms with Crippen LogP contribution in [0, 0.1) is 0 Å². The van der Waals surface area contributed by atoms with Crippen molar-refractivity contribution in [2.24, 2.45) is 4.99 Å². The summed E-state index contributed by atoms with van der Waals surface area (Å²) in [6.45, 7) is 8.40.